The lowest BCUT2D eigenvalue weighted by molar-refractivity contribution is 0.0420. The zero-order valence-electron chi connectivity index (χ0n) is 13.1. The van der Waals surface area contributed by atoms with Gasteiger partial charge in [-0.1, -0.05) is 12.8 Å². The Labute approximate surface area is 145 Å². The first-order valence-corrected chi connectivity index (χ1v) is 8.02. The molecule has 2 fully saturated rings. The summed E-state index contributed by atoms with van der Waals surface area (Å²) in [6, 6.07) is 0. The second-order valence-corrected chi connectivity index (χ2v) is 5.72. The lowest BCUT2D eigenvalue weighted by Gasteiger charge is -2.13. The molecule has 2 aliphatic rings. The molecule has 6 heteroatoms. The maximum atomic E-state index is 5.72. The Kier molecular flexibility index (Phi) is 10.4. The van der Waals surface area contributed by atoms with Crippen LogP contribution in [-0.4, -0.2) is 52.0 Å². The van der Waals surface area contributed by atoms with Gasteiger partial charge in [-0.2, -0.15) is 0 Å². The molecule has 1 aliphatic heterocycles. The van der Waals surface area contributed by atoms with Crippen LogP contribution >= 0.6 is 24.0 Å². The largest absolute Gasteiger partial charge is 0.379 e. The van der Waals surface area contributed by atoms with Gasteiger partial charge in [0.15, 0.2) is 5.96 Å². The van der Waals surface area contributed by atoms with Crippen LogP contribution in [0.4, 0.5) is 0 Å². The van der Waals surface area contributed by atoms with Gasteiger partial charge in [0.2, 0.25) is 0 Å². The molecule has 0 aromatic carbocycles. The van der Waals surface area contributed by atoms with Crippen LogP contribution < -0.4 is 10.6 Å². The molecule has 0 amide bonds. The van der Waals surface area contributed by atoms with E-state index in [1.807, 2.05) is 7.05 Å². The number of hydrogen-bond acceptors (Lipinski definition) is 3. The second-order valence-electron chi connectivity index (χ2n) is 5.72. The topological polar surface area (TPSA) is 54.9 Å². The van der Waals surface area contributed by atoms with Crippen LogP contribution in [0.3, 0.4) is 0 Å². The first kappa shape index (κ1) is 19.0. The number of halogens is 1. The molecule has 21 heavy (non-hydrogen) atoms. The summed E-state index contributed by atoms with van der Waals surface area (Å²) in [6.45, 7) is 4.32. The molecule has 1 heterocycles. The molecular formula is C15H30IN3O2. The summed E-state index contributed by atoms with van der Waals surface area (Å²) in [5.41, 5.74) is 0. The molecule has 5 nitrogen and oxygen atoms in total. The van der Waals surface area contributed by atoms with E-state index in [0.717, 1.165) is 57.6 Å². The van der Waals surface area contributed by atoms with Crippen molar-refractivity contribution in [2.24, 2.45) is 10.9 Å². The van der Waals surface area contributed by atoms with Crippen molar-refractivity contribution in [1.29, 1.82) is 0 Å². The Morgan fingerprint density at radius 3 is 2.57 bits per heavy atom. The smallest absolute Gasteiger partial charge is 0.190 e. The van der Waals surface area contributed by atoms with E-state index in [9.17, 15) is 0 Å². The van der Waals surface area contributed by atoms with E-state index in [1.54, 1.807) is 0 Å². The first-order chi connectivity index (χ1) is 9.88. The summed E-state index contributed by atoms with van der Waals surface area (Å²) >= 11 is 0. The summed E-state index contributed by atoms with van der Waals surface area (Å²) in [5, 5.41) is 6.69. The van der Waals surface area contributed by atoms with Gasteiger partial charge in [0.25, 0.3) is 0 Å². The van der Waals surface area contributed by atoms with Crippen LogP contribution in [-0.2, 0) is 9.47 Å². The quantitative estimate of drug-likeness (QED) is 0.264. The van der Waals surface area contributed by atoms with Crippen molar-refractivity contribution in [1.82, 2.24) is 10.6 Å². The Balaban J connectivity index is 0.00000220. The zero-order valence-corrected chi connectivity index (χ0v) is 15.4. The molecule has 1 saturated carbocycles. The minimum Gasteiger partial charge on any atom is -0.379 e. The molecule has 2 N–H and O–H groups in total. The Morgan fingerprint density at radius 1 is 1.19 bits per heavy atom. The van der Waals surface area contributed by atoms with Gasteiger partial charge in [-0.3, -0.25) is 4.99 Å². The molecule has 0 aromatic heterocycles. The highest BCUT2D eigenvalue weighted by atomic mass is 127. The van der Waals surface area contributed by atoms with Gasteiger partial charge in [0, 0.05) is 33.4 Å². The normalized spacial score (nSPS) is 22.0. The molecule has 1 unspecified atom stereocenters. The molecule has 0 radical (unpaired) electrons. The predicted molar refractivity (Wildman–Crippen MR) is 96.5 cm³/mol. The maximum absolute atomic E-state index is 5.72. The van der Waals surface area contributed by atoms with Gasteiger partial charge in [-0.05, 0) is 31.6 Å². The van der Waals surface area contributed by atoms with Crippen molar-refractivity contribution in [3.05, 3.63) is 0 Å². The molecule has 1 saturated heterocycles. The number of ether oxygens (including phenoxy) is 2. The van der Waals surface area contributed by atoms with Crippen molar-refractivity contribution in [2.75, 3.05) is 40.0 Å². The number of aliphatic imine (C=N–C) groups is 1. The van der Waals surface area contributed by atoms with Gasteiger partial charge >= 0.3 is 0 Å². The van der Waals surface area contributed by atoms with Crippen molar-refractivity contribution in [3.8, 4) is 0 Å². The lowest BCUT2D eigenvalue weighted by Crippen LogP contribution is -2.38. The van der Waals surface area contributed by atoms with Crippen molar-refractivity contribution in [3.63, 3.8) is 0 Å². The number of guanidine groups is 1. The van der Waals surface area contributed by atoms with E-state index < -0.39 is 0 Å². The maximum Gasteiger partial charge on any atom is 0.190 e. The van der Waals surface area contributed by atoms with Gasteiger partial charge in [-0.15, -0.1) is 24.0 Å². The molecule has 1 aliphatic carbocycles. The predicted octanol–water partition coefficient (Wildman–Crippen LogP) is 2.16. The number of nitrogens with zero attached hydrogens (tertiary/aromatic N) is 1. The number of rotatable bonds is 9. The average molecular weight is 411 g/mol. The third-order valence-electron chi connectivity index (χ3n) is 3.86. The minimum absolute atomic E-state index is 0. The van der Waals surface area contributed by atoms with E-state index in [4.69, 9.17) is 9.47 Å². The monoisotopic (exact) mass is 411 g/mol. The summed E-state index contributed by atoms with van der Waals surface area (Å²) in [6.07, 6.45) is 7.85. The Bertz CT molecular complexity index is 293. The fourth-order valence-corrected chi connectivity index (χ4v) is 2.40. The lowest BCUT2D eigenvalue weighted by atomic mass is 10.2. The van der Waals surface area contributed by atoms with Crippen LogP contribution in [0.15, 0.2) is 4.99 Å². The molecule has 0 spiro atoms. The fraction of sp³-hybridized carbons (Fsp3) is 0.933. The Morgan fingerprint density at radius 2 is 1.95 bits per heavy atom. The van der Waals surface area contributed by atoms with E-state index in [0.29, 0.717) is 6.10 Å². The van der Waals surface area contributed by atoms with Crippen molar-refractivity contribution in [2.45, 2.75) is 44.6 Å². The molecule has 0 bridgehead atoms. The fourth-order valence-electron chi connectivity index (χ4n) is 2.40. The molecule has 0 aromatic rings. The van der Waals surface area contributed by atoms with E-state index in [-0.39, 0.29) is 24.0 Å². The van der Waals surface area contributed by atoms with Crippen LogP contribution in [0.1, 0.15) is 38.5 Å². The molecular weight excluding hydrogens is 381 g/mol. The highest BCUT2D eigenvalue weighted by molar-refractivity contribution is 14.0. The molecule has 2 rings (SSSR count). The average Bonchev–Trinajstić information content (AvgIpc) is 3.15. The summed E-state index contributed by atoms with van der Waals surface area (Å²) < 4.78 is 11.0. The third kappa shape index (κ3) is 8.83. The minimum atomic E-state index is 0. The third-order valence-corrected chi connectivity index (χ3v) is 3.86. The standard InChI is InChI=1S/C15H29N3O2.HI/c1-16-15(17-8-2-4-13-5-6-13)18-9-3-10-20-14-7-11-19-12-14;/h13-14H,2-12H2,1H3,(H2,16,17,18);1H. The molecule has 1 atom stereocenters. The molecule has 124 valence electrons. The summed E-state index contributed by atoms with van der Waals surface area (Å²) in [5.74, 6) is 1.92. The van der Waals surface area contributed by atoms with Crippen molar-refractivity contribution < 1.29 is 9.47 Å². The van der Waals surface area contributed by atoms with Gasteiger partial charge < -0.3 is 20.1 Å². The van der Waals surface area contributed by atoms with E-state index in [1.165, 1.54) is 25.7 Å². The number of hydrogen-bond donors (Lipinski definition) is 2. The van der Waals surface area contributed by atoms with Crippen LogP contribution in [0.5, 0.6) is 0 Å². The number of nitrogens with one attached hydrogen (secondary N) is 2. The summed E-state index contributed by atoms with van der Waals surface area (Å²) in [4.78, 5) is 4.23. The highest BCUT2D eigenvalue weighted by Gasteiger charge is 2.20. The highest BCUT2D eigenvalue weighted by Crippen LogP contribution is 2.33. The SMILES string of the molecule is CN=C(NCCCOC1CCOC1)NCCCC1CC1.I. The first-order valence-electron chi connectivity index (χ1n) is 8.02. The van der Waals surface area contributed by atoms with Gasteiger partial charge in [0.05, 0.1) is 12.7 Å². The van der Waals surface area contributed by atoms with Crippen molar-refractivity contribution >= 4 is 29.9 Å². The summed E-state index contributed by atoms with van der Waals surface area (Å²) in [7, 11) is 1.82. The van der Waals surface area contributed by atoms with E-state index >= 15 is 0 Å². The van der Waals surface area contributed by atoms with Crippen LogP contribution in [0.2, 0.25) is 0 Å². The second kappa shape index (κ2) is 11.5. The van der Waals surface area contributed by atoms with Gasteiger partial charge in [-0.25, -0.2) is 0 Å². The zero-order chi connectivity index (χ0) is 14.0. The van der Waals surface area contributed by atoms with Crippen LogP contribution in [0.25, 0.3) is 0 Å². The van der Waals surface area contributed by atoms with Gasteiger partial charge in [0.1, 0.15) is 0 Å². The van der Waals surface area contributed by atoms with Crippen LogP contribution in [0, 0.1) is 5.92 Å². The Hall–Kier alpha value is -0.0800. The van der Waals surface area contributed by atoms with E-state index in [2.05, 4.69) is 15.6 Å².